The summed E-state index contributed by atoms with van der Waals surface area (Å²) in [7, 11) is 0. The third-order valence-corrected chi connectivity index (χ3v) is 6.31. The summed E-state index contributed by atoms with van der Waals surface area (Å²) in [5, 5.41) is 2.91. The van der Waals surface area contributed by atoms with Crippen LogP contribution in [0.2, 0.25) is 0 Å². The summed E-state index contributed by atoms with van der Waals surface area (Å²) < 4.78 is 13.5. The molecule has 2 heterocycles. The maximum Gasteiger partial charge on any atom is 0.261 e. The van der Waals surface area contributed by atoms with Gasteiger partial charge in [0.15, 0.2) is 0 Å². The molecule has 0 saturated carbocycles. The van der Waals surface area contributed by atoms with E-state index >= 15 is 0 Å². The smallest absolute Gasteiger partial charge is 0.261 e. The van der Waals surface area contributed by atoms with Gasteiger partial charge < -0.3 is 10.2 Å². The molecule has 0 aliphatic carbocycles. The Morgan fingerprint density at radius 2 is 1.91 bits per heavy atom. The zero-order chi connectivity index (χ0) is 22.7. The van der Waals surface area contributed by atoms with Crippen molar-refractivity contribution in [2.45, 2.75) is 45.2 Å². The Labute approximate surface area is 187 Å². The second-order valence-corrected chi connectivity index (χ2v) is 8.58. The van der Waals surface area contributed by atoms with Crippen LogP contribution in [0.25, 0.3) is 0 Å². The standard InChI is InChI=1S/C25H28FN3O3/c1-17-6-2-3-12-28(17)13-5-11-27-23(30)19-9-10-21-22(15-19)25(32)29(24(21)31)16-18-7-4-8-20(26)14-18/h4,7-10,14-15,17H,2-3,5-6,11-13,16H2,1H3,(H,27,30). The van der Waals surface area contributed by atoms with Gasteiger partial charge in [-0.05, 0) is 68.6 Å². The Balaban J connectivity index is 1.36. The quantitative estimate of drug-likeness (QED) is 0.531. The van der Waals surface area contributed by atoms with E-state index in [2.05, 4.69) is 17.1 Å². The number of hydrogen-bond donors (Lipinski definition) is 1. The first-order chi connectivity index (χ1) is 15.4. The second-order valence-electron chi connectivity index (χ2n) is 8.58. The van der Waals surface area contributed by atoms with Gasteiger partial charge in [-0.3, -0.25) is 19.3 Å². The van der Waals surface area contributed by atoms with Crippen LogP contribution < -0.4 is 5.32 Å². The fourth-order valence-electron chi connectivity index (χ4n) is 4.47. The lowest BCUT2D eigenvalue weighted by atomic mass is 10.0. The molecular weight excluding hydrogens is 409 g/mol. The normalized spacial score (nSPS) is 18.7. The van der Waals surface area contributed by atoms with Crippen molar-refractivity contribution in [3.8, 4) is 0 Å². The third kappa shape index (κ3) is 4.72. The number of hydrogen-bond acceptors (Lipinski definition) is 4. The molecule has 0 spiro atoms. The Morgan fingerprint density at radius 3 is 2.69 bits per heavy atom. The molecule has 3 amide bonds. The Morgan fingerprint density at radius 1 is 1.09 bits per heavy atom. The van der Waals surface area contributed by atoms with Crippen LogP contribution in [0.1, 0.15) is 69.2 Å². The van der Waals surface area contributed by atoms with Crippen LogP contribution in [0, 0.1) is 5.82 Å². The van der Waals surface area contributed by atoms with Crippen LogP contribution >= 0.6 is 0 Å². The number of likely N-dealkylation sites (tertiary alicyclic amines) is 1. The number of imide groups is 1. The van der Waals surface area contributed by atoms with Crippen LogP contribution in [0.15, 0.2) is 42.5 Å². The van der Waals surface area contributed by atoms with E-state index in [1.807, 2.05) is 0 Å². The first-order valence-corrected chi connectivity index (χ1v) is 11.2. The SMILES string of the molecule is CC1CCCCN1CCCNC(=O)c1ccc2c(c1)C(=O)N(Cc1cccc(F)c1)C2=O. The number of amides is 3. The minimum atomic E-state index is -0.469. The van der Waals surface area contributed by atoms with Crippen LogP contribution in [0.4, 0.5) is 4.39 Å². The number of nitrogens with zero attached hydrogens (tertiary/aromatic N) is 2. The number of carbonyl (C=O) groups is 3. The molecule has 2 aliphatic rings. The zero-order valence-electron chi connectivity index (χ0n) is 18.3. The van der Waals surface area contributed by atoms with Crippen LogP contribution in [-0.4, -0.2) is 53.2 Å². The monoisotopic (exact) mass is 437 g/mol. The average molecular weight is 438 g/mol. The second kappa shape index (κ2) is 9.61. The molecule has 1 atom stereocenters. The molecule has 32 heavy (non-hydrogen) atoms. The van der Waals surface area contributed by atoms with Gasteiger partial charge in [-0.2, -0.15) is 0 Å². The van der Waals surface area contributed by atoms with Gasteiger partial charge in [-0.1, -0.05) is 18.6 Å². The van der Waals surface area contributed by atoms with Crippen molar-refractivity contribution in [2.75, 3.05) is 19.6 Å². The largest absolute Gasteiger partial charge is 0.352 e. The lowest BCUT2D eigenvalue weighted by molar-refractivity contribution is 0.0642. The summed E-state index contributed by atoms with van der Waals surface area (Å²) >= 11 is 0. The molecule has 6 nitrogen and oxygen atoms in total. The van der Waals surface area contributed by atoms with Crippen molar-refractivity contribution in [2.24, 2.45) is 0 Å². The van der Waals surface area contributed by atoms with E-state index in [0.717, 1.165) is 24.4 Å². The van der Waals surface area contributed by atoms with Crippen LogP contribution in [0.5, 0.6) is 0 Å². The van der Waals surface area contributed by atoms with E-state index in [0.29, 0.717) is 23.7 Å². The fraction of sp³-hybridized carbons (Fsp3) is 0.400. The van der Waals surface area contributed by atoms with E-state index < -0.39 is 17.6 Å². The molecule has 1 saturated heterocycles. The van der Waals surface area contributed by atoms with Crippen molar-refractivity contribution in [3.05, 3.63) is 70.5 Å². The number of piperidine rings is 1. The maximum absolute atomic E-state index is 13.5. The van der Waals surface area contributed by atoms with E-state index in [-0.39, 0.29) is 23.6 Å². The number of fused-ring (bicyclic) bond motifs is 1. The highest BCUT2D eigenvalue weighted by Crippen LogP contribution is 2.26. The third-order valence-electron chi connectivity index (χ3n) is 6.31. The first-order valence-electron chi connectivity index (χ1n) is 11.2. The van der Waals surface area contributed by atoms with Gasteiger partial charge in [0.25, 0.3) is 17.7 Å². The average Bonchev–Trinajstić information content (AvgIpc) is 3.02. The topological polar surface area (TPSA) is 69.7 Å². The van der Waals surface area contributed by atoms with Crippen molar-refractivity contribution in [1.82, 2.24) is 15.1 Å². The zero-order valence-corrected chi connectivity index (χ0v) is 18.3. The molecule has 1 fully saturated rings. The summed E-state index contributed by atoms with van der Waals surface area (Å²) in [4.78, 5) is 41.6. The van der Waals surface area contributed by atoms with Gasteiger partial charge in [0.2, 0.25) is 0 Å². The molecule has 2 aromatic carbocycles. The van der Waals surface area contributed by atoms with Crippen LogP contribution in [-0.2, 0) is 6.54 Å². The molecular formula is C25H28FN3O3. The van der Waals surface area contributed by atoms with Gasteiger partial charge in [0.1, 0.15) is 5.82 Å². The lowest BCUT2D eigenvalue weighted by Gasteiger charge is -2.33. The molecule has 0 aromatic heterocycles. The minimum absolute atomic E-state index is 0.0133. The molecule has 7 heteroatoms. The van der Waals surface area contributed by atoms with E-state index in [4.69, 9.17) is 0 Å². The minimum Gasteiger partial charge on any atom is -0.352 e. The summed E-state index contributed by atoms with van der Waals surface area (Å²) in [6, 6.07) is 11.0. The molecule has 168 valence electrons. The lowest BCUT2D eigenvalue weighted by Crippen LogP contribution is -2.39. The molecule has 1 N–H and O–H groups in total. The van der Waals surface area contributed by atoms with Crippen molar-refractivity contribution >= 4 is 17.7 Å². The fourth-order valence-corrected chi connectivity index (χ4v) is 4.47. The van der Waals surface area contributed by atoms with Crippen molar-refractivity contribution in [1.29, 1.82) is 0 Å². The number of nitrogens with one attached hydrogen (secondary N) is 1. The molecule has 2 aromatic rings. The number of halogens is 1. The molecule has 4 rings (SSSR count). The Kier molecular flexibility index (Phi) is 6.65. The number of rotatable bonds is 7. The summed E-state index contributed by atoms with van der Waals surface area (Å²) in [5.41, 5.74) is 1.35. The van der Waals surface area contributed by atoms with Gasteiger partial charge in [0.05, 0.1) is 17.7 Å². The highest BCUT2D eigenvalue weighted by molar-refractivity contribution is 6.22. The predicted octanol–water partition coefficient (Wildman–Crippen LogP) is 3.62. The summed E-state index contributed by atoms with van der Waals surface area (Å²) in [6.07, 6.45) is 4.60. The molecule has 0 radical (unpaired) electrons. The summed E-state index contributed by atoms with van der Waals surface area (Å²) in [6.45, 7) is 4.85. The van der Waals surface area contributed by atoms with Gasteiger partial charge >= 0.3 is 0 Å². The van der Waals surface area contributed by atoms with E-state index in [1.54, 1.807) is 12.1 Å². The Bertz CT molecular complexity index is 1040. The maximum atomic E-state index is 13.5. The molecule has 1 unspecified atom stereocenters. The highest BCUT2D eigenvalue weighted by atomic mass is 19.1. The predicted molar refractivity (Wildman–Crippen MR) is 119 cm³/mol. The van der Waals surface area contributed by atoms with Gasteiger partial charge in [-0.15, -0.1) is 0 Å². The van der Waals surface area contributed by atoms with Gasteiger partial charge in [-0.25, -0.2) is 4.39 Å². The highest BCUT2D eigenvalue weighted by Gasteiger charge is 2.36. The number of carbonyl (C=O) groups excluding carboxylic acids is 3. The number of benzene rings is 2. The van der Waals surface area contributed by atoms with Gasteiger partial charge in [0, 0.05) is 24.7 Å². The van der Waals surface area contributed by atoms with Crippen molar-refractivity contribution in [3.63, 3.8) is 0 Å². The summed E-state index contributed by atoms with van der Waals surface area (Å²) in [5.74, 6) is -1.59. The molecule has 0 bridgehead atoms. The Hall–Kier alpha value is -3.06. The first kappa shape index (κ1) is 22.1. The van der Waals surface area contributed by atoms with E-state index in [9.17, 15) is 18.8 Å². The van der Waals surface area contributed by atoms with Crippen LogP contribution in [0.3, 0.4) is 0 Å². The van der Waals surface area contributed by atoms with E-state index in [1.165, 1.54) is 49.6 Å². The molecule has 2 aliphatic heterocycles. The van der Waals surface area contributed by atoms with Crippen molar-refractivity contribution < 1.29 is 18.8 Å².